The van der Waals surface area contributed by atoms with Gasteiger partial charge in [-0.2, -0.15) is 0 Å². The summed E-state index contributed by atoms with van der Waals surface area (Å²) in [6.45, 7) is 5.09. The van der Waals surface area contributed by atoms with Gasteiger partial charge in [0.05, 0.1) is 5.60 Å². The average molecular weight is 264 g/mol. The number of aliphatic hydroxyl groups excluding tert-OH is 1. The maximum absolute atomic E-state index is 9.17. The second-order valence-electron chi connectivity index (χ2n) is 5.56. The molecule has 0 saturated carbocycles. The lowest BCUT2D eigenvalue weighted by atomic mass is 9.91. The number of hydrogen-bond donors (Lipinski definition) is 1. The van der Waals surface area contributed by atoms with Gasteiger partial charge in [0.25, 0.3) is 0 Å². The summed E-state index contributed by atoms with van der Waals surface area (Å²) in [4.78, 5) is 0. The quantitative estimate of drug-likeness (QED) is 0.888. The van der Waals surface area contributed by atoms with Gasteiger partial charge in [-0.3, -0.25) is 0 Å². The molecular formula is C16H24O3. The molecular weight excluding hydrogens is 240 g/mol. The molecule has 106 valence electrons. The van der Waals surface area contributed by atoms with Crippen molar-refractivity contribution in [2.75, 3.05) is 13.2 Å². The zero-order chi connectivity index (χ0) is 13.7. The fourth-order valence-corrected chi connectivity index (χ4v) is 2.64. The van der Waals surface area contributed by atoms with Crippen LogP contribution in [-0.4, -0.2) is 24.6 Å². The van der Waals surface area contributed by atoms with Crippen molar-refractivity contribution < 1.29 is 14.6 Å². The smallest absolute Gasteiger partial charge is 0.158 e. The summed E-state index contributed by atoms with van der Waals surface area (Å²) < 4.78 is 11.8. The molecule has 0 aromatic heterocycles. The van der Waals surface area contributed by atoms with Gasteiger partial charge >= 0.3 is 0 Å². The van der Waals surface area contributed by atoms with Crippen molar-refractivity contribution in [3.8, 4) is 0 Å². The highest BCUT2D eigenvalue weighted by Gasteiger charge is 2.29. The Morgan fingerprint density at radius 3 is 2.79 bits per heavy atom. The van der Waals surface area contributed by atoms with Gasteiger partial charge in [0, 0.05) is 13.2 Å². The molecule has 1 aromatic carbocycles. The first-order valence-electron chi connectivity index (χ1n) is 7.12. The van der Waals surface area contributed by atoms with E-state index in [0.29, 0.717) is 6.42 Å². The maximum Gasteiger partial charge on any atom is 0.158 e. The molecule has 0 bridgehead atoms. The van der Waals surface area contributed by atoms with E-state index in [0.717, 1.165) is 30.6 Å². The van der Waals surface area contributed by atoms with Crippen LogP contribution in [0.1, 0.15) is 44.2 Å². The topological polar surface area (TPSA) is 38.7 Å². The van der Waals surface area contributed by atoms with Crippen LogP contribution in [0.25, 0.3) is 0 Å². The van der Waals surface area contributed by atoms with Gasteiger partial charge in [-0.05, 0) is 50.7 Å². The van der Waals surface area contributed by atoms with Crippen LogP contribution in [0.3, 0.4) is 0 Å². The minimum atomic E-state index is -0.395. The number of hydrogen-bond acceptors (Lipinski definition) is 3. The van der Waals surface area contributed by atoms with E-state index >= 15 is 0 Å². The Morgan fingerprint density at radius 2 is 2.11 bits per heavy atom. The molecule has 1 aromatic rings. The Balaban J connectivity index is 2.13. The molecule has 0 radical (unpaired) electrons. The van der Waals surface area contributed by atoms with E-state index in [-0.39, 0.29) is 12.9 Å². The largest absolute Gasteiger partial charge is 0.396 e. The summed E-state index contributed by atoms with van der Waals surface area (Å²) in [5.41, 5.74) is 1.89. The zero-order valence-corrected chi connectivity index (χ0v) is 11.9. The van der Waals surface area contributed by atoms with Crippen molar-refractivity contribution in [1.29, 1.82) is 0 Å². The van der Waals surface area contributed by atoms with E-state index in [4.69, 9.17) is 14.6 Å². The molecule has 1 unspecified atom stereocenters. The minimum Gasteiger partial charge on any atom is -0.396 e. The molecule has 0 aliphatic carbocycles. The summed E-state index contributed by atoms with van der Waals surface area (Å²) in [5.74, 6) is 0. The van der Waals surface area contributed by atoms with E-state index < -0.39 is 5.60 Å². The molecule has 3 nitrogen and oxygen atoms in total. The number of rotatable bonds is 5. The van der Waals surface area contributed by atoms with Crippen molar-refractivity contribution in [1.82, 2.24) is 0 Å². The summed E-state index contributed by atoms with van der Waals surface area (Å²) in [6.07, 6.45) is 3.81. The molecule has 0 spiro atoms. The van der Waals surface area contributed by atoms with Crippen molar-refractivity contribution in [3.63, 3.8) is 0 Å². The van der Waals surface area contributed by atoms with Gasteiger partial charge in [-0.25, -0.2) is 0 Å². The zero-order valence-electron chi connectivity index (χ0n) is 11.9. The van der Waals surface area contributed by atoms with Gasteiger partial charge in [0.15, 0.2) is 6.29 Å². The number of aliphatic hydroxyl groups is 1. The Morgan fingerprint density at radius 1 is 1.32 bits per heavy atom. The van der Waals surface area contributed by atoms with Gasteiger partial charge in [0.1, 0.15) is 0 Å². The highest BCUT2D eigenvalue weighted by atomic mass is 16.7. The lowest BCUT2D eigenvalue weighted by molar-refractivity contribution is -0.219. The molecule has 1 heterocycles. The fraction of sp³-hybridized carbons (Fsp3) is 0.625. The van der Waals surface area contributed by atoms with Crippen LogP contribution in [0.4, 0.5) is 0 Å². The Bertz CT molecular complexity index is 395. The van der Waals surface area contributed by atoms with Crippen LogP contribution in [0.2, 0.25) is 0 Å². The van der Waals surface area contributed by atoms with Crippen LogP contribution >= 0.6 is 0 Å². The Hall–Kier alpha value is -0.900. The van der Waals surface area contributed by atoms with E-state index in [1.54, 1.807) is 0 Å². The summed E-state index contributed by atoms with van der Waals surface area (Å²) in [7, 11) is 0. The average Bonchev–Trinajstić information content (AvgIpc) is 2.40. The Labute approximate surface area is 115 Å². The van der Waals surface area contributed by atoms with Gasteiger partial charge in [-0.15, -0.1) is 0 Å². The van der Waals surface area contributed by atoms with E-state index in [2.05, 4.69) is 26.0 Å². The molecule has 3 heteroatoms. The van der Waals surface area contributed by atoms with Gasteiger partial charge in [0.2, 0.25) is 0 Å². The molecule has 1 saturated heterocycles. The lowest BCUT2D eigenvalue weighted by Gasteiger charge is -2.34. The van der Waals surface area contributed by atoms with Crippen LogP contribution in [0.5, 0.6) is 0 Å². The van der Waals surface area contributed by atoms with E-state index in [1.165, 1.54) is 6.42 Å². The first kappa shape index (κ1) is 14.5. The Kier molecular flexibility index (Phi) is 4.97. The highest BCUT2D eigenvalue weighted by molar-refractivity contribution is 5.32. The van der Waals surface area contributed by atoms with Crippen molar-refractivity contribution in [2.24, 2.45) is 0 Å². The third kappa shape index (κ3) is 3.78. The molecule has 2 rings (SSSR count). The third-order valence-electron chi connectivity index (χ3n) is 3.61. The SMILES string of the molecule is CC(C)(OC1CCCCO1)c1ccccc1CCO. The lowest BCUT2D eigenvalue weighted by Crippen LogP contribution is -2.33. The number of ether oxygens (including phenoxy) is 2. The monoisotopic (exact) mass is 264 g/mol. The predicted molar refractivity (Wildman–Crippen MR) is 74.9 cm³/mol. The third-order valence-corrected chi connectivity index (χ3v) is 3.61. The molecule has 1 atom stereocenters. The summed E-state index contributed by atoms with van der Waals surface area (Å²) in [5, 5.41) is 9.17. The van der Waals surface area contributed by atoms with Crippen molar-refractivity contribution >= 4 is 0 Å². The summed E-state index contributed by atoms with van der Waals surface area (Å²) >= 11 is 0. The minimum absolute atomic E-state index is 0.106. The van der Waals surface area contributed by atoms with Crippen LogP contribution in [0.15, 0.2) is 24.3 Å². The standard InChI is InChI=1S/C16H24O3/c1-16(2,19-15-9-5-6-12-18-15)14-8-4-3-7-13(14)10-11-17/h3-4,7-8,15,17H,5-6,9-12H2,1-2H3. The van der Waals surface area contributed by atoms with Crippen molar-refractivity contribution in [2.45, 2.75) is 51.4 Å². The molecule has 1 aliphatic heterocycles. The normalized spacial score (nSPS) is 20.5. The first-order valence-corrected chi connectivity index (χ1v) is 7.12. The van der Waals surface area contributed by atoms with E-state index in [9.17, 15) is 0 Å². The molecule has 19 heavy (non-hydrogen) atoms. The number of benzene rings is 1. The van der Waals surface area contributed by atoms with E-state index in [1.807, 2.05) is 12.1 Å². The second kappa shape index (κ2) is 6.51. The first-order chi connectivity index (χ1) is 9.13. The van der Waals surface area contributed by atoms with Crippen molar-refractivity contribution in [3.05, 3.63) is 35.4 Å². The van der Waals surface area contributed by atoms with Crippen LogP contribution in [-0.2, 0) is 21.5 Å². The second-order valence-corrected chi connectivity index (χ2v) is 5.56. The highest BCUT2D eigenvalue weighted by Crippen LogP contribution is 2.31. The predicted octanol–water partition coefficient (Wildman–Crippen LogP) is 3.00. The molecule has 0 amide bonds. The van der Waals surface area contributed by atoms with Gasteiger partial charge in [-0.1, -0.05) is 24.3 Å². The maximum atomic E-state index is 9.17. The van der Waals surface area contributed by atoms with Crippen LogP contribution in [0, 0.1) is 0 Å². The molecule has 1 N–H and O–H groups in total. The molecule has 1 aliphatic rings. The van der Waals surface area contributed by atoms with Gasteiger partial charge < -0.3 is 14.6 Å². The van der Waals surface area contributed by atoms with Crippen LogP contribution < -0.4 is 0 Å². The molecule has 1 fully saturated rings. The summed E-state index contributed by atoms with van der Waals surface area (Å²) in [6, 6.07) is 8.15. The fourth-order valence-electron chi connectivity index (χ4n) is 2.64.